The van der Waals surface area contributed by atoms with E-state index in [9.17, 15) is 19.2 Å². The molecule has 2 aliphatic rings. The minimum Gasteiger partial charge on any atom is -0.428 e. The summed E-state index contributed by atoms with van der Waals surface area (Å²) in [6.45, 7) is 16.7. The van der Waals surface area contributed by atoms with Crippen molar-refractivity contribution in [3.05, 3.63) is 84.2 Å². The fourth-order valence-corrected chi connectivity index (χ4v) is 13.9. The highest BCUT2D eigenvalue weighted by atomic mass is 28.3. The quantitative estimate of drug-likeness (QED) is 0.0796. The summed E-state index contributed by atoms with van der Waals surface area (Å²) in [6.07, 6.45) is 4.94. The molecule has 10 nitrogen and oxygen atoms in total. The third-order valence-electron chi connectivity index (χ3n) is 11.8. The van der Waals surface area contributed by atoms with Crippen molar-refractivity contribution in [2.45, 2.75) is 122 Å². The van der Waals surface area contributed by atoms with Gasteiger partial charge in [-0.05, 0) is 93.9 Å². The topological polar surface area (TPSA) is 124 Å². The molecule has 12 heteroatoms. The molecule has 0 aliphatic heterocycles. The number of carbonyl (C=O) groups is 4. The van der Waals surface area contributed by atoms with E-state index in [1.54, 1.807) is 24.3 Å². The van der Waals surface area contributed by atoms with Gasteiger partial charge in [0, 0.05) is 0 Å². The molecule has 0 N–H and O–H groups in total. The van der Waals surface area contributed by atoms with Crippen LogP contribution in [0.3, 0.4) is 0 Å². The molecule has 0 radical (unpaired) electrons. The van der Waals surface area contributed by atoms with E-state index in [1.165, 1.54) is 10.4 Å². The van der Waals surface area contributed by atoms with Crippen LogP contribution in [0.5, 0.6) is 0 Å². The lowest BCUT2D eigenvalue weighted by Gasteiger charge is -2.33. The number of hydrogen-bond donors (Lipinski definition) is 0. The van der Waals surface area contributed by atoms with E-state index < -0.39 is 40.4 Å². The zero-order valence-electron chi connectivity index (χ0n) is 31.8. The van der Waals surface area contributed by atoms with Gasteiger partial charge in [0.05, 0.1) is 11.1 Å². The smallest absolute Gasteiger partial charge is 0.428 e. The van der Waals surface area contributed by atoms with Gasteiger partial charge in [0.15, 0.2) is 0 Å². The van der Waals surface area contributed by atoms with Crippen LogP contribution in [-0.4, -0.2) is 52.6 Å². The molecule has 0 heterocycles. The van der Waals surface area contributed by atoms with E-state index in [2.05, 4.69) is 52.3 Å². The second-order valence-electron chi connectivity index (χ2n) is 14.5. The summed E-state index contributed by atoms with van der Waals surface area (Å²) in [7, 11) is -3.58. The molecule has 288 valence electrons. The van der Waals surface area contributed by atoms with Crippen molar-refractivity contribution >= 4 is 50.8 Å². The number of benzene rings is 2. The molecule has 2 aliphatic carbocycles. The van der Waals surface area contributed by atoms with Crippen LogP contribution >= 0.6 is 0 Å². The Kier molecular flexibility index (Phi) is 15.5. The molecule has 2 saturated carbocycles. The average molecular weight is 765 g/mol. The molecular weight excluding hydrogens is 709 g/mol. The zero-order valence-corrected chi connectivity index (χ0v) is 33.8. The molecular formula is C41H56O10Si2. The first-order valence-electron chi connectivity index (χ1n) is 19.2. The number of hydrogen-bond acceptors (Lipinski definition) is 10. The van der Waals surface area contributed by atoms with E-state index in [-0.39, 0.29) is 12.2 Å². The Bertz CT molecular complexity index is 1420. The third kappa shape index (κ3) is 10.9. The Morgan fingerprint density at radius 1 is 0.547 bits per heavy atom. The van der Waals surface area contributed by atoms with Gasteiger partial charge in [-0.25, -0.2) is 29.1 Å². The average Bonchev–Trinajstić information content (AvgIpc) is 3.20. The molecule has 0 bridgehead atoms. The summed E-state index contributed by atoms with van der Waals surface area (Å²) in [4.78, 5) is 68.4. The van der Waals surface area contributed by atoms with Crippen molar-refractivity contribution in [3.8, 4) is 0 Å². The van der Waals surface area contributed by atoms with Crippen LogP contribution in [0.4, 0.5) is 9.59 Å². The van der Waals surface area contributed by atoms with Gasteiger partial charge in [-0.15, -0.1) is 13.2 Å². The van der Waals surface area contributed by atoms with Gasteiger partial charge in [-0.1, -0.05) is 97.9 Å². The zero-order chi connectivity index (χ0) is 38.4. The van der Waals surface area contributed by atoms with Crippen molar-refractivity contribution in [2.75, 3.05) is 0 Å². The highest BCUT2D eigenvalue weighted by Crippen LogP contribution is 2.37. The van der Waals surface area contributed by atoms with Crippen LogP contribution in [0.2, 0.25) is 24.2 Å². The maximum Gasteiger partial charge on any atom is 0.550 e. The van der Waals surface area contributed by atoms with Gasteiger partial charge in [-0.2, -0.15) is 9.59 Å². The largest absolute Gasteiger partial charge is 0.550 e. The normalized spacial score (nSPS) is 20.3. The van der Waals surface area contributed by atoms with Crippen molar-refractivity contribution in [3.63, 3.8) is 0 Å². The first-order chi connectivity index (χ1) is 25.5. The van der Waals surface area contributed by atoms with E-state index in [4.69, 9.17) is 29.0 Å². The van der Waals surface area contributed by atoms with E-state index in [0.29, 0.717) is 48.6 Å². The van der Waals surface area contributed by atoms with E-state index in [0.717, 1.165) is 56.3 Å². The molecule has 0 amide bonds. The molecule has 53 heavy (non-hydrogen) atoms. The predicted molar refractivity (Wildman–Crippen MR) is 208 cm³/mol. The third-order valence-corrected chi connectivity index (χ3v) is 21.4. The van der Waals surface area contributed by atoms with Crippen LogP contribution in [0, 0.1) is 11.8 Å². The standard InChI is InChI=1S/C41H56O10Si2/c1-7-52(8-2,9-3)36-25-17-32(18-26-36)38(42)48-50-40(44)46-34-21-13-30(14-22-34)29-31-15-23-35(24-16-31)47-41(45)51-49-39(43)33-19-27-37(28-20-33)53(10-4,11-5)12-6/h7,10,17-20,25-28,30-31,34-35H,1,4,8-9,11-16,21-24,29H2,2-3,5-6H3. The van der Waals surface area contributed by atoms with Crippen LogP contribution < -0.4 is 10.4 Å². The lowest BCUT2D eigenvalue weighted by Crippen LogP contribution is -2.44. The minimum absolute atomic E-state index is 0.291. The molecule has 0 saturated heterocycles. The Labute approximate surface area is 316 Å². The highest BCUT2D eigenvalue weighted by Gasteiger charge is 2.32. The van der Waals surface area contributed by atoms with E-state index in [1.807, 2.05) is 24.3 Å². The molecule has 0 unspecified atom stereocenters. The van der Waals surface area contributed by atoms with Crippen LogP contribution in [0.25, 0.3) is 0 Å². The number of carbonyl (C=O) groups excluding carboxylic acids is 4. The Morgan fingerprint density at radius 3 is 1.15 bits per heavy atom. The molecule has 2 aromatic carbocycles. The number of ether oxygens (including phenoxy) is 2. The second kappa shape index (κ2) is 19.8. The maximum atomic E-state index is 12.5. The minimum atomic E-state index is -1.79. The fourth-order valence-electron chi connectivity index (χ4n) is 8.00. The first-order valence-corrected chi connectivity index (χ1v) is 24.2. The van der Waals surface area contributed by atoms with Gasteiger partial charge in [0.25, 0.3) is 0 Å². The van der Waals surface area contributed by atoms with Crippen molar-refractivity contribution in [2.24, 2.45) is 11.8 Å². The van der Waals surface area contributed by atoms with Gasteiger partial charge < -0.3 is 9.47 Å². The van der Waals surface area contributed by atoms with Crippen LogP contribution in [0.15, 0.2) is 73.1 Å². The number of rotatable bonds is 14. The van der Waals surface area contributed by atoms with Gasteiger partial charge >= 0.3 is 24.2 Å². The summed E-state index contributed by atoms with van der Waals surface area (Å²) in [6, 6.07) is 18.6. The molecule has 0 spiro atoms. The summed E-state index contributed by atoms with van der Waals surface area (Å²) >= 11 is 0. The first kappa shape index (κ1) is 41.6. The van der Waals surface area contributed by atoms with E-state index >= 15 is 0 Å². The molecule has 2 fully saturated rings. The Hall–Kier alpha value is -4.17. The fraction of sp³-hybridized carbons (Fsp3) is 0.512. The summed E-state index contributed by atoms with van der Waals surface area (Å²) in [5.74, 6) is -0.492. The summed E-state index contributed by atoms with van der Waals surface area (Å²) in [5.41, 5.74) is 4.74. The second-order valence-corrected chi connectivity index (χ2v) is 23.9. The Balaban J connectivity index is 1.09. The van der Waals surface area contributed by atoms with Gasteiger partial charge in [0.1, 0.15) is 28.4 Å². The molecule has 2 aromatic rings. The van der Waals surface area contributed by atoms with Gasteiger partial charge in [0.2, 0.25) is 0 Å². The summed E-state index contributed by atoms with van der Waals surface area (Å²) < 4.78 is 10.9. The van der Waals surface area contributed by atoms with Gasteiger partial charge in [-0.3, -0.25) is 0 Å². The van der Waals surface area contributed by atoms with Crippen LogP contribution in [-0.2, 0) is 29.0 Å². The molecule has 0 atom stereocenters. The monoisotopic (exact) mass is 764 g/mol. The van der Waals surface area contributed by atoms with Crippen molar-refractivity contribution in [1.82, 2.24) is 0 Å². The predicted octanol–water partition coefficient (Wildman–Crippen LogP) is 9.19. The molecule has 0 aromatic heterocycles. The van der Waals surface area contributed by atoms with Crippen molar-refractivity contribution < 1.29 is 48.2 Å². The Morgan fingerprint density at radius 2 is 0.868 bits per heavy atom. The lowest BCUT2D eigenvalue weighted by molar-refractivity contribution is -0.208. The highest BCUT2D eigenvalue weighted by molar-refractivity contribution is 6.96. The molecule has 4 rings (SSSR count). The maximum absolute atomic E-state index is 12.5. The van der Waals surface area contributed by atoms with Crippen molar-refractivity contribution in [1.29, 1.82) is 0 Å². The SMILES string of the molecule is C=C[Si](CC)(CC)c1ccc(C(=O)OOC(=O)OC2CCC(CC3CCC(OC(=O)OOC(=O)c4ccc([Si](C=C)(CC)CC)cc4)CC3)CC2)cc1. The lowest BCUT2D eigenvalue weighted by atomic mass is 9.76. The summed E-state index contributed by atoms with van der Waals surface area (Å²) in [5, 5.41) is 2.40. The van der Waals surface area contributed by atoms with Crippen LogP contribution in [0.1, 0.15) is 106 Å².